The highest BCUT2D eigenvalue weighted by Gasteiger charge is 2.06. The number of hydrogen-bond acceptors (Lipinski definition) is 3. The van der Waals surface area contributed by atoms with Gasteiger partial charge in [-0.3, -0.25) is 0 Å². The van der Waals surface area contributed by atoms with Crippen LogP contribution >= 0.6 is 0 Å². The first kappa shape index (κ1) is 15.0. The summed E-state index contributed by atoms with van der Waals surface area (Å²) in [6.07, 6.45) is 6.94. The van der Waals surface area contributed by atoms with Crippen LogP contribution in [0.3, 0.4) is 0 Å². The van der Waals surface area contributed by atoms with Crippen LogP contribution in [0.4, 0.5) is 5.82 Å². The maximum Gasteiger partial charge on any atom is 0.128 e. The highest BCUT2D eigenvalue weighted by molar-refractivity contribution is 5.39. The molecule has 0 saturated carbocycles. The average molecular weight is 249 g/mol. The number of nitrogens with zero attached hydrogens (tertiary/aromatic N) is 2. The first-order chi connectivity index (χ1) is 8.81. The molecule has 1 heterocycles. The predicted octanol–water partition coefficient (Wildman–Crippen LogP) is 3.21. The fourth-order valence-electron chi connectivity index (χ4n) is 1.95. The van der Waals surface area contributed by atoms with Gasteiger partial charge in [0.2, 0.25) is 0 Å². The molecule has 0 aliphatic rings. The fourth-order valence-corrected chi connectivity index (χ4v) is 1.95. The fraction of sp³-hybridized carbons (Fsp3) is 0.667. The van der Waals surface area contributed by atoms with Crippen LogP contribution in [0.5, 0.6) is 0 Å². The largest absolute Gasteiger partial charge is 0.357 e. The van der Waals surface area contributed by atoms with Gasteiger partial charge < -0.3 is 10.2 Å². The summed E-state index contributed by atoms with van der Waals surface area (Å²) < 4.78 is 0. The van der Waals surface area contributed by atoms with E-state index in [1.807, 2.05) is 13.2 Å². The van der Waals surface area contributed by atoms with Crippen molar-refractivity contribution >= 4 is 5.82 Å². The van der Waals surface area contributed by atoms with Gasteiger partial charge in [-0.05, 0) is 31.5 Å². The molecule has 1 N–H and O–H groups in total. The average Bonchev–Trinajstić information content (AvgIpc) is 2.41. The minimum absolute atomic E-state index is 0.886. The third kappa shape index (κ3) is 5.05. The zero-order valence-corrected chi connectivity index (χ0v) is 12.1. The van der Waals surface area contributed by atoms with E-state index in [0.717, 1.165) is 25.5 Å². The van der Waals surface area contributed by atoms with Gasteiger partial charge in [-0.25, -0.2) is 4.98 Å². The van der Waals surface area contributed by atoms with Crippen molar-refractivity contribution in [2.45, 2.75) is 46.1 Å². The van der Waals surface area contributed by atoms with E-state index in [1.165, 1.54) is 31.2 Å². The van der Waals surface area contributed by atoms with Crippen molar-refractivity contribution in [3.05, 3.63) is 23.9 Å². The van der Waals surface area contributed by atoms with Gasteiger partial charge in [0.05, 0.1) is 0 Å². The van der Waals surface area contributed by atoms with E-state index in [-0.39, 0.29) is 0 Å². The van der Waals surface area contributed by atoms with Gasteiger partial charge in [0, 0.05) is 25.8 Å². The van der Waals surface area contributed by atoms with Crippen LogP contribution < -0.4 is 10.2 Å². The summed E-state index contributed by atoms with van der Waals surface area (Å²) in [5.41, 5.74) is 1.24. The Morgan fingerprint density at radius 3 is 2.22 bits per heavy atom. The van der Waals surface area contributed by atoms with Crippen LogP contribution in [-0.2, 0) is 6.54 Å². The third-order valence-electron chi connectivity index (χ3n) is 3.08. The van der Waals surface area contributed by atoms with Crippen LogP contribution in [0, 0.1) is 0 Å². The topological polar surface area (TPSA) is 28.2 Å². The molecule has 0 aliphatic heterocycles. The Kier molecular flexibility index (Phi) is 7.42. The van der Waals surface area contributed by atoms with Crippen molar-refractivity contribution in [1.82, 2.24) is 10.3 Å². The molecule has 0 radical (unpaired) electrons. The molecule has 18 heavy (non-hydrogen) atoms. The molecule has 102 valence electrons. The molecule has 0 unspecified atom stereocenters. The molecule has 0 bridgehead atoms. The lowest BCUT2D eigenvalue weighted by Crippen LogP contribution is -2.26. The maximum atomic E-state index is 4.59. The van der Waals surface area contributed by atoms with E-state index >= 15 is 0 Å². The number of nitrogens with one attached hydrogen (secondary N) is 1. The number of anilines is 1. The number of aromatic nitrogens is 1. The second kappa shape index (κ2) is 8.92. The number of unbranched alkanes of at least 4 members (excludes halogenated alkanes) is 2. The van der Waals surface area contributed by atoms with Crippen LogP contribution in [0.25, 0.3) is 0 Å². The Bertz CT molecular complexity index is 300. The number of rotatable bonds is 9. The van der Waals surface area contributed by atoms with E-state index in [0.29, 0.717) is 0 Å². The number of pyridine rings is 1. The van der Waals surface area contributed by atoms with Gasteiger partial charge in [-0.2, -0.15) is 0 Å². The molecule has 1 aromatic rings. The molecule has 0 spiro atoms. The van der Waals surface area contributed by atoms with Crippen LogP contribution in [0.15, 0.2) is 18.3 Å². The summed E-state index contributed by atoms with van der Waals surface area (Å²) in [4.78, 5) is 7.00. The van der Waals surface area contributed by atoms with E-state index in [9.17, 15) is 0 Å². The monoisotopic (exact) mass is 249 g/mol. The molecular formula is C15H27N3. The molecule has 3 nitrogen and oxygen atoms in total. The van der Waals surface area contributed by atoms with E-state index < -0.39 is 0 Å². The summed E-state index contributed by atoms with van der Waals surface area (Å²) in [5, 5.41) is 3.15. The normalized spacial score (nSPS) is 10.6. The van der Waals surface area contributed by atoms with Crippen molar-refractivity contribution in [1.29, 1.82) is 0 Å². The molecule has 0 fully saturated rings. The third-order valence-corrected chi connectivity index (χ3v) is 3.08. The molecule has 0 amide bonds. The van der Waals surface area contributed by atoms with Gasteiger partial charge in [0.1, 0.15) is 5.82 Å². The summed E-state index contributed by atoms with van der Waals surface area (Å²) >= 11 is 0. The Morgan fingerprint density at radius 2 is 1.78 bits per heavy atom. The highest BCUT2D eigenvalue weighted by Crippen LogP contribution is 2.13. The Labute approximate surface area is 112 Å². The molecule has 3 heteroatoms. The quantitative estimate of drug-likeness (QED) is 0.728. The molecular weight excluding hydrogens is 222 g/mol. The van der Waals surface area contributed by atoms with Crippen molar-refractivity contribution in [2.75, 3.05) is 25.0 Å². The lowest BCUT2D eigenvalue weighted by atomic mass is 10.2. The predicted molar refractivity (Wildman–Crippen MR) is 79.0 cm³/mol. The summed E-state index contributed by atoms with van der Waals surface area (Å²) in [7, 11) is 1.96. The Balaban J connectivity index is 2.64. The lowest BCUT2D eigenvalue weighted by molar-refractivity contribution is 0.670. The van der Waals surface area contributed by atoms with Crippen molar-refractivity contribution in [3.63, 3.8) is 0 Å². The zero-order valence-electron chi connectivity index (χ0n) is 12.1. The van der Waals surface area contributed by atoms with Gasteiger partial charge in [0.25, 0.3) is 0 Å². The molecule has 0 aromatic carbocycles. The van der Waals surface area contributed by atoms with Crippen molar-refractivity contribution < 1.29 is 0 Å². The summed E-state index contributed by atoms with van der Waals surface area (Å²) in [6, 6.07) is 4.32. The number of hydrogen-bond donors (Lipinski definition) is 1. The Hall–Kier alpha value is -1.09. The van der Waals surface area contributed by atoms with Gasteiger partial charge in [-0.15, -0.1) is 0 Å². The van der Waals surface area contributed by atoms with Crippen molar-refractivity contribution in [2.24, 2.45) is 0 Å². The van der Waals surface area contributed by atoms with E-state index in [2.05, 4.69) is 41.2 Å². The highest BCUT2D eigenvalue weighted by atomic mass is 15.2. The minimum atomic E-state index is 0.886. The molecule has 0 atom stereocenters. The molecule has 1 rings (SSSR count). The standard InChI is InChI=1S/C15H27N3/c1-4-6-10-18(11-7-5-2)15-9-8-14(12-16-3)13-17-15/h8-9,13,16H,4-7,10-12H2,1-3H3. The maximum absolute atomic E-state index is 4.59. The van der Waals surface area contributed by atoms with Gasteiger partial charge in [-0.1, -0.05) is 32.8 Å². The van der Waals surface area contributed by atoms with Gasteiger partial charge >= 0.3 is 0 Å². The SMILES string of the molecule is CCCCN(CCCC)c1ccc(CNC)cn1. The second-order valence-corrected chi connectivity index (χ2v) is 4.75. The Morgan fingerprint density at radius 1 is 1.11 bits per heavy atom. The van der Waals surface area contributed by atoms with E-state index in [1.54, 1.807) is 0 Å². The first-order valence-corrected chi connectivity index (χ1v) is 7.16. The van der Waals surface area contributed by atoms with Gasteiger partial charge in [0.15, 0.2) is 0 Å². The van der Waals surface area contributed by atoms with Crippen LogP contribution in [-0.4, -0.2) is 25.1 Å². The molecule has 0 aliphatic carbocycles. The first-order valence-electron chi connectivity index (χ1n) is 7.16. The lowest BCUT2D eigenvalue weighted by Gasteiger charge is -2.23. The second-order valence-electron chi connectivity index (χ2n) is 4.75. The zero-order chi connectivity index (χ0) is 13.2. The van der Waals surface area contributed by atoms with E-state index in [4.69, 9.17) is 0 Å². The van der Waals surface area contributed by atoms with Crippen molar-refractivity contribution in [3.8, 4) is 0 Å². The summed E-state index contributed by atoms with van der Waals surface area (Å²) in [5.74, 6) is 1.12. The summed E-state index contributed by atoms with van der Waals surface area (Å²) in [6.45, 7) is 7.60. The minimum Gasteiger partial charge on any atom is -0.357 e. The smallest absolute Gasteiger partial charge is 0.128 e. The van der Waals surface area contributed by atoms with Crippen LogP contribution in [0.1, 0.15) is 45.1 Å². The molecule has 0 saturated heterocycles. The molecule has 1 aromatic heterocycles. The van der Waals surface area contributed by atoms with Crippen LogP contribution in [0.2, 0.25) is 0 Å².